The summed E-state index contributed by atoms with van der Waals surface area (Å²) in [6, 6.07) is 11.0. The Bertz CT molecular complexity index is 375. The molecule has 1 fully saturated rings. The molecule has 1 aromatic carbocycles. The lowest BCUT2D eigenvalue weighted by Gasteiger charge is -2.33. The Labute approximate surface area is 97.5 Å². The van der Waals surface area contributed by atoms with E-state index in [4.69, 9.17) is 5.26 Å². The average Bonchev–Trinajstić information content (AvgIpc) is 2.31. The summed E-state index contributed by atoms with van der Waals surface area (Å²) in [7, 11) is 0. The average molecular weight is 214 g/mol. The smallest absolute Gasteiger partial charge is 0.0625 e. The maximum absolute atomic E-state index is 8.74. The third-order valence-electron chi connectivity index (χ3n) is 3.30. The molecule has 0 aliphatic carbocycles. The monoisotopic (exact) mass is 214 g/mol. The lowest BCUT2D eigenvalue weighted by Crippen LogP contribution is -2.35. The van der Waals surface area contributed by atoms with Gasteiger partial charge in [-0.25, -0.2) is 0 Å². The van der Waals surface area contributed by atoms with Crippen LogP contribution in [-0.4, -0.2) is 13.1 Å². The van der Waals surface area contributed by atoms with E-state index in [1.807, 2.05) is 0 Å². The van der Waals surface area contributed by atoms with E-state index in [1.54, 1.807) is 0 Å². The molecule has 1 saturated heterocycles. The van der Waals surface area contributed by atoms with Gasteiger partial charge in [0.2, 0.25) is 0 Å². The van der Waals surface area contributed by atoms with Gasteiger partial charge in [-0.15, -0.1) is 0 Å². The van der Waals surface area contributed by atoms with Crippen molar-refractivity contribution >= 4 is 5.69 Å². The summed E-state index contributed by atoms with van der Waals surface area (Å²) in [5, 5.41) is 8.74. The fourth-order valence-electron chi connectivity index (χ4n) is 2.35. The van der Waals surface area contributed by atoms with Gasteiger partial charge in [0, 0.05) is 25.2 Å². The van der Waals surface area contributed by atoms with E-state index in [0.29, 0.717) is 12.3 Å². The minimum absolute atomic E-state index is 0.556. The van der Waals surface area contributed by atoms with Gasteiger partial charge in [-0.05, 0) is 37.8 Å². The van der Waals surface area contributed by atoms with Gasteiger partial charge in [0.15, 0.2) is 0 Å². The molecular weight excluding hydrogens is 196 g/mol. The summed E-state index contributed by atoms with van der Waals surface area (Å²) >= 11 is 0. The van der Waals surface area contributed by atoms with Crippen LogP contribution in [0.4, 0.5) is 5.69 Å². The molecule has 0 radical (unpaired) electrons. The van der Waals surface area contributed by atoms with E-state index >= 15 is 0 Å². The highest BCUT2D eigenvalue weighted by Crippen LogP contribution is 2.24. The zero-order valence-corrected chi connectivity index (χ0v) is 9.82. The molecule has 0 bridgehead atoms. The summed E-state index contributed by atoms with van der Waals surface area (Å²) in [5.41, 5.74) is 2.60. The third-order valence-corrected chi connectivity index (χ3v) is 3.30. The van der Waals surface area contributed by atoms with Gasteiger partial charge in [0.05, 0.1) is 6.07 Å². The first kappa shape index (κ1) is 11.0. The van der Waals surface area contributed by atoms with Crippen molar-refractivity contribution in [2.45, 2.75) is 26.2 Å². The molecule has 0 amide bonds. The topological polar surface area (TPSA) is 27.0 Å². The number of benzene rings is 1. The van der Waals surface area contributed by atoms with Crippen LogP contribution >= 0.6 is 0 Å². The molecular formula is C14H18N2. The predicted molar refractivity (Wildman–Crippen MR) is 66.3 cm³/mol. The van der Waals surface area contributed by atoms with E-state index in [0.717, 1.165) is 13.1 Å². The highest BCUT2D eigenvalue weighted by molar-refractivity contribution is 5.47. The van der Waals surface area contributed by atoms with Crippen molar-refractivity contribution in [3.05, 3.63) is 29.8 Å². The van der Waals surface area contributed by atoms with Crippen LogP contribution in [0.1, 0.15) is 24.8 Å². The first-order valence-electron chi connectivity index (χ1n) is 5.98. The van der Waals surface area contributed by atoms with E-state index in [2.05, 4.69) is 42.2 Å². The van der Waals surface area contributed by atoms with Gasteiger partial charge in [-0.3, -0.25) is 0 Å². The van der Waals surface area contributed by atoms with Gasteiger partial charge in [0.25, 0.3) is 0 Å². The van der Waals surface area contributed by atoms with Crippen LogP contribution in [0, 0.1) is 24.2 Å². The van der Waals surface area contributed by atoms with Crippen LogP contribution in [0.15, 0.2) is 24.3 Å². The van der Waals surface area contributed by atoms with Crippen molar-refractivity contribution in [1.29, 1.82) is 5.26 Å². The molecule has 0 aromatic heterocycles. The molecule has 1 aromatic rings. The normalized spacial score (nSPS) is 20.5. The number of aryl methyl sites for hydroxylation is 1. The summed E-state index contributed by atoms with van der Waals surface area (Å²) in [6.45, 7) is 4.28. The van der Waals surface area contributed by atoms with Crippen LogP contribution < -0.4 is 4.90 Å². The van der Waals surface area contributed by atoms with Crippen LogP contribution in [-0.2, 0) is 0 Å². The van der Waals surface area contributed by atoms with Crippen LogP contribution in [0.25, 0.3) is 0 Å². The van der Waals surface area contributed by atoms with Gasteiger partial charge in [0.1, 0.15) is 0 Å². The first-order chi connectivity index (χ1) is 7.79. The molecule has 1 heterocycles. The van der Waals surface area contributed by atoms with Gasteiger partial charge in [-0.2, -0.15) is 5.26 Å². The summed E-state index contributed by atoms with van der Waals surface area (Å²) in [5.74, 6) is 0.556. The Morgan fingerprint density at radius 2 is 2.12 bits per heavy atom. The van der Waals surface area contributed by atoms with Gasteiger partial charge < -0.3 is 4.90 Å². The second-order valence-electron chi connectivity index (χ2n) is 4.65. The van der Waals surface area contributed by atoms with Crippen molar-refractivity contribution in [3.63, 3.8) is 0 Å². The number of nitrogens with zero attached hydrogens (tertiary/aromatic N) is 2. The fraction of sp³-hybridized carbons (Fsp3) is 0.500. The Balaban J connectivity index is 2.04. The molecule has 16 heavy (non-hydrogen) atoms. The summed E-state index contributed by atoms with van der Waals surface area (Å²) < 4.78 is 0. The maximum Gasteiger partial charge on any atom is 0.0625 e. The highest BCUT2D eigenvalue weighted by Gasteiger charge is 2.19. The number of hydrogen-bond donors (Lipinski definition) is 0. The molecule has 2 rings (SSSR count). The zero-order valence-electron chi connectivity index (χ0n) is 9.82. The van der Waals surface area contributed by atoms with Crippen molar-refractivity contribution in [1.82, 2.24) is 0 Å². The van der Waals surface area contributed by atoms with Crippen molar-refractivity contribution in [3.8, 4) is 6.07 Å². The molecule has 1 unspecified atom stereocenters. The number of anilines is 1. The molecule has 1 atom stereocenters. The fourth-order valence-corrected chi connectivity index (χ4v) is 2.35. The lowest BCUT2D eigenvalue weighted by atomic mass is 9.95. The Morgan fingerprint density at radius 3 is 2.81 bits per heavy atom. The molecule has 1 aliphatic rings. The summed E-state index contributed by atoms with van der Waals surface area (Å²) in [6.07, 6.45) is 3.11. The van der Waals surface area contributed by atoms with E-state index in [9.17, 15) is 0 Å². The van der Waals surface area contributed by atoms with Crippen molar-refractivity contribution in [2.75, 3.05) is 18.0 Å². The first-order valence-corrected chi connectivity index (χ1v) is 5.98. The molecule has 0 spiro atoms. The van der Waals surface area contributed by atoms with Crippen LogP contribution in [0.2, 0.25) is 0 Å². The third kappa shape index (κ3) is 2.55. The molecule has 84 valence electrons. The van der Waals surface area contributed by atoms with Gasteiger partial charge >= 0.3 is 0 Å². The van der Waals surface area contributed by atoms with Crippen LogP contribution in [0.3, 0.4) is 0 Å². The SMILES string of the molecule is Cc1ccc(N2CCCC(CC#N)C2)cc1. The van der Waals surface area contributed by atoms with Crippen molar-refractivity contribution < 1.29 is 0 Å². The summed E-state index contributed by atoms with van der Waals surface area (Å²) in [4.78, 5) is 2.41. The number of nitriles is 1. The lowest BCUT2D eigenvalue weighted by molar-refractivity contribution is 0.422. The maximum atomic E-state index is 8.74. The molecule has 0 N–H and O–H groups in total. The minimum atomic E-state index is 0.556. The highest BCUT2D eigenvalue weighted by atomic mass is 15.1. The molecule has 2 heteroatoms. The predicted octanol–water partition coefficient (Wildman–Crippen LogP) is 3.13. The Kier molecular flexibility index (Phi) is 3.46. The Morgan fingerprint density at radius 1 is 1.38 bits per heavy atom. The molecule has 0 saturated carbocycles. The number of rotatable bonds is 2. The quantitative estimate of drug-likeness (QED) is 0.756. The van der Waals surface area contributed by atoms with E-state index in [-0.39, 0.29) is 0 Å². The second-order valence-corrected chi connectivity index (χ2v) is 4.65. The standard InChI is InChI=1S/C14H18N2/c1-12-4-6-14(7-5-12)16-10-2-3-13(11-16)8-9-15/h4-7,13H,2-3,8,10-11H2,1H3. The van der Waals surface area contributed by atoms with E-state index < -0.39 is 0 Å². The molecule has 2 nitrogen and oxygen atoms in total. The zero-order chi connectivity index (χ0) is 11.4. The second kappa shape index (κ2) is 5.03. The van der Waals surface area contributed by atoms with E-state index in [1.165, 1.54) is 24.1 Å². The molecule has 1 aliphatic heterocycles. The van der Waals surface area contributed by atoms with Crippen LogP contribution in [0.5, 0.6) is 0 Å². The minimum Gasteiger partial charge on any atom is -0.371 e. The Hall–Kier alpha value is -1.49. The number of hydrogen-bond acceptors (Lipinski definition) is 2. The number of piperidine rings is 1. The largest absolute Gasteiger partial charge is 0.371 e. The van der Waals surface area contributed by atoms with Crippen molar-refractivity contribution in [2.24, 2.45) is 5.92 Å². The van der Waals surface area contributed by atoms with Gasteiger partial charge in [-0.1, -0.05) is 17.7 Å².